The Bertz CT molecular complexity index is 593. The second kappa shape index (κ2) is 5.20. The second-order valence-electron chi connectivity index (χ2n) is 3.84. The van der Waals surface area contributed by atoms with Crippen LogP contribution in [-0.4, -0.2) is 15.3 Å². The van der Waals surface area contributed by atoms with Gasteiger partial charge in [-0.3, -0.25) is 4.79 Å². The van der Waals surface area contributed by atoms with E-state index in [-0.39, 0.29) is 17.2 Å². The minimum atomic E-state index is -0.491. The van der Waals surface area contributed by atoms with Crippen LogP contribution in [0.15, 0.2) is 29.1 Å². The molecule has 0 N–H and O–H groups in total. The van der Waals surface area contributed by atoms with E-state index in [2.05, 4.69) is 20.9 Å². The Hall–Kier alpha value is -1.20. The van der Waals surface area contributed by atoms with Crippen molar-refractivity contribution in [2.45, 2.75) is 6.42 Å². The fourth-order valence-corrected chi connectivity index (χ4v) is 2.43. The molecule has 0 aliphatic heterocycles. The lowest BCUT2D eigenvalue weighted by Crippen LogP contribution is -2.09. The lowest BCUT2D eigenvalue weighted by atomic mass is 10.1. The van der Waals surface area contributed by atoms with Crippen molar-refractivity contribution in [3.8, 4) is 0 Å². The molecule has 0 unspecified atom stereocenters. The number of halogens is 3. The Morgan fingerprint density at radius 1 is 1.56 bits per heavy atom. The summed E-state index contributed by atoms with van der Waals surface area (Å²) in [4.78, 5) is 16.1. The molecule has 0 bridgehead atoms. The van der Waals surface area contributed by atoms with Gasteiger partial charge in [0.2, 0.25) is 0 Å². The normalized spacial score (nSPS) is 10.7. The van der Waals surface area contributed by atoms with Gasteiger partial charge >= 0.3 is 0 Å². The predicted octanol–water partition coefficient (Wildman–Crippen LogP) is 3.40. The van der Waals surface area contributed by atoms with Crippen molar-refractivity contribution in [1.29, 1.82) is 0 Å². The fraction of sp³-hybridized carbons (Fsp3) is 0.167. The number of hydrogen-bond acceptors (Lipinski definition) is 2. The van der Waals surface area contributed by atoms with Crippen molar-refractivity contribution in [2.75, 3.05) is 0 Å². The van der Waals surface area contributed by atoms with Crippen molar-refractivity contribution in [2.24, 2.45) is 7.05 Å². The molecule has 18 heavy (non-hydrogen) atoms. The average molecular weight is 332 g/mol. The number of hydrogen-bond donors (Lipinski definition) is 0. The van der Waals surface area contributed by atoms with E-state index in [4.69, 9.17) is 11.6 Å². The van der Waals surface area contributed by atoms with E-state index in [1.807, 2.05) is 0 Å². The first kappa shape index (κ1) is 13.2. The number of imidazole rings is 1. The van der Waals surface area contributed by atoms with Gasteiger partial charge in [0.1, 0.15) is 16.1 Å². The molecule has 1 aromatic carbocycles. The summed E-state index contributed by atoms with van der Waals surface area (Å²) < 4.78 is 15.1. The number of ketones is 1. The van der Waals surface area contributed by atoms with Crippen molar-refractivity contribution >= 4 is 33.3 Å². The van der Waals surface area contributed by atoms with E-state index >= 15 is 0 Å². The maximum atomic E-state index is 13.0. The summed E-state index contributed by atoms with van der Waals surface area (Å²) in [5, 5.41) is 0.0179. The molecule has 0 aliphatic carbocycles. The van der Waals surface area contributed by atoms with Gasteiger partial charge in [-0.1, -0.05) is 17.7 Å². The summed E-state index contributed by atoms with van der Waals surface area (Å²) in [6, 6.07) is 4.26. The molecule has 2 aromatic rings. The molecule has 0 radical (unpaired) electrons. The van der Waals surface area contributed by atoms with Gasteiger partial charge in [-0.05, 0) is 33.6 Å². The lowest BCUT2D eigenvalue weighted by Gasteiger charge is -2.04. The topological polar surface area (TPSA) is 34.9 Å². The van der Waals surface area contributed by atoms with Crippen LogP contribution in [0.3, 0.4) is 0 Å². The number of aryl methyl sites for hydroxylation is 1. The zero-order valence-corrected chi connectivity index (χ0v) is 11.8. The first-order valence-electron chi connectivity index (χ1n) is 5.13. The summed E-state index contributed by atoms with van der Waals surface area (Å²) >= 11 is 8.89. The summed E-state index contributed by atoms with van der Waals surface area (Å²) in [7, 11) is 1.74. The highest BCUT2D eigenvalue weighted by molar-refractivity contribution is 9.10. The molecule has 0 amide bonds. The Labute approximate surface area is 117 Å². The first-order chi connectivity index (χ1) is 8.49. The third kappa shape index (κ3) is 2.62. The highest BCUT2D eigenvalue weighted by Gasteiger charge is 2.16. The van der Waals surface area contributed by atoms with Gasteiger partial charge in [-0.25, -0.2) is 9.37 Å². The van der Waals surface area contributed by atoms with Gasteiger partial charge in [-0.15, -0.1) is 0 Å². The molecule has 94 valence electrons. The van der Waals surface area contributed by atoms with Gasteiger partial charge in [-0.2, -0.15) is 0 Å². The molecule has 0 atom stereocenters. The minimum absolute atomic E-state index is 0.0179. The quantitative estimate of drug-likeness (QED) is 0.808. The summed E-state index contributed by atoms with van der Waals surface area (Å²) in [6.45, 7) is 0. The number of carbonyl (C=O) groups excluding carboxylic acids is 1. The molecule has 1 aromatic heterocycles. The smallest absolute Gasteiger partial charge is 0.186 e. The fourth-order valence-electron chi connectivity index (χ4n) is 1.63. The van der Waals surface area contributed by atoms with Crippen molar-refractivity contribution in [3.05, 3.63) is 51.2 Å². The largest absolute Gasteiger partial charge is 0.330 e. The molecule has 0 saturated heterocycles. The van der Waals surface area contributed by atoms with Gasteiger partial charge in [0.15, 0.2) is 5.78 Å². The standard InChI is InChI=1S/C12H9BrClFN2O/c1-17-6-16-12(13)11(17)10(18)5-7-2-3-9(15)8(14)4-7/h2-4,6H,5H2,1H3. The SMILES string of the molecule is Cn1cnc(Br)c1C(=O)Cc1ccc(F)c(Cl)c1. The zero-order chi connectivity index (χ0) is 13.3. The molecule has 3 nitrogen and oxygen atoms in total. The number of Topliss-reactive ketones (excluding diaryl/α,β-unsaturated/α-hetero) is 1. The summed E-state index contributed by atoms with van der Waals surface area (Å²) in [6.07, 6.45) is 1.70. The van der Waals surface area contributed by atoms with E-state index < -0.39 is 5.82 Å². The van der Waals surface area contributed by atoms with Crippen LogP contribution < -0.4 is 0 Å². The minimum Gasteiger partial charge on any atom is -0.330 e. The van der Waals surface area contributed by atoms with Crippen LogP contribution in [0.4, 0.5) is 4.39 Å². The van der Waals surface area contributed by atoms with Crippen LogP contribution in [0.1, 0.15) is 16.1 Å². The van der Waals surface area contributed by atoms with Crippen LogP contribution >= 0.6 is 27.5 Å². The Morgan fingerprint density at radius 3 is 2.83 bits per heavy atom. The molecule has 0 fully saturated rings. The second-order valence-corrected chi connectivity index (χ2v) is 5.00. The highest BCUT2D eigenvalue weighted by Crippen LogP contribution is 2.19. The van der Waals surface area contributed by atoms with Gasteiger partial charge in [0, 0.05) is 13.5 Å². The zero-order valence-electron chi connectivity index (χ0n) is 9.45. The summed E-state index contributed by atoms with van der Waals surface area (Å²) in [5.74, 6) is -0.598. The molecule has 0 saturated carbocycles. The van der Waals surface area contributed by atoms with E-state index in [0.717, 1.165) is 0 Å². The number of benzene rings is 1. The third-order valence-electron chi connectivity index (χ3n) is 2.51. The number of nitrogens with zero attached hydrogens (tertiary/aromatic N) is 2. The predicted molar refractivity (Wildman–Crippen MR) is 70.4 cm³/mol. The van der Waals surface area contributed by atoms with Crippen LogP contribution in [0.25, 0.3) is 0 Å². The van der Waals surface area contributed by atoms with Crippen molar-refractivity contribution < 1.29 is 9.18 Å². The molecule has 1 heterocycles. The van der Waals surface area contributed by atoms with Gasteiger partial charge in [0.05, 0.1) is 11.3 Å². The number of carbonyl (C=O) groups is 1. The molecule has 0 aliphatic rings. The number of aromatic nitrogens is 2. The molecule has 2 rings (SSSR count). The van der Waals surface area contributed by atoms with E-state index in [9.17, 15) is 9.18 Å². The highest BCUT2D eigenvalue weighted by atomic mass is 79.9. The number of rotatable bonds is 3. The van der Waals surface area contributed by atoms with Gasteiger partial charge in [0.25, 0.3) is 0 Å². The van der Waals surface area contributed by atoms with Crippen molar-refractivity contribution in [3.63, 3.8) is 0 Å². The van der Waals surface area contributed by atoms with E-state index in [0.29, 0.717) is 15.9 Å². The maximum absolute atomic E-state index is 13.0. The third-order valence-corrected chi connectivity index (χ3v) is 3.38. The van der Waals surface area contributed by atoms with Gasteiger partial charge < -0.3 is 4.57 Å². The lowest BCUT2D eigenvalue weighted by molar-refractivity contribution is 0.0984. The Morgan fingerprint density at radius 2 is 2.28 bits per heavy atom. The van der Waals surface area contributed by atoms with Crippen molar-refractivity contribution in [1.82, 2.24) is 9.55 Å². The van der Waals surface area contributed by atoms with E-state index in [1.54, 1.807) is 24.0 Å². The van der Waals surface area contributed by atoms with Crippen LogP contribution in [0.2, 0.25) is 5.02 Å². The monoisotopic (exact) mass is 330 g/mol. The summed E-state index contributed by atoms with van der Waals surface area (Å²) in [5.41, 5.74) is 1.15. The molecular weight excluding hydrogens is 323 g/mol. The van der Waals surface area contributed by atoms with Crippen LogP contribution in [0.5, 0.6) is 0 Å². The van der Waals surface area contributed by atoms with E-state index in [1.165, 1.54) is 12.1 Å². The Kier molecular flexibility index (Phi) is 3.82. The molecule has 6 heteroatoms. The first-order valence-corrected chi connectivity index (χ1v) is 6.30. The molecular formula is C12H9BrClFN2O. The maximum Gasteiger partial charge on any atom is 0.186 e. The van der Waals surface area contributed by atoms with Crippen LogP contribution in [-0.2, 0) is 13.5 Å². The molecule has 0 spiro atoms. The Balaban J connectivity index is 2.24. The van der Waals surface area contributed by atoms with Crippen LogP contribution in [0, 0.1) is 5.82 Å². The average Bonchev–Trinajstić information content (AvgIpc) is 2.64.